The Morgan fingerprint density at radius 3 is 2.74 bits per heavy atom. The van der Waals surface area contributed by atoms with Crippen LogP contribution in [0.5, 0.6) is 5.75 Å². The van der Waals surface area contributed by atoms with Gasteiger partial charge >= 0.3 is 0 Å². The predicted octanol–water partition coefficient (Wildman–Crippen LogP) is 2.83. The van der Waals surface area contributed by atoms with Gasteiger partial charge in [0.05, 0.1) is 12.6 Å². The maximum absolute atomic E-state index is 5.49. The predicted molar refractivity (Wildman–Crippen MR) is 88.8 cm³/mol. The second-order valence-corrected chi connectivity index (χ2v) is 6.16. The highest BCUT2D eigenvalue weighted by Crippen LogP contribution is 2.37. The third-order valence-electron chi connectivity index (χ3n) is 4.63. The van der Waals surface area contributed by atoms with Gasteiger partial charge in [-0.25, -0.2) is 0 Å². The molecule has 0 amide bonds. The normalized spacial score (nSPS) is 17.1. The van der Waals surface area contributed by atoms with Crippen molar-refractivity contribution in [1.82, 2.24) is 25.5 Å². The van der Waals surface area contributed by atoms with Crippen LogP contribution in [-0.2, 0) is 5.54 Å². The quantitative estimate of drug-likeness (QED) is 0.888. The van der Waals surface area contributed by atoms with E-state index in [0.717, 1.165) is 43.1 Å². The van der Waals surface area contributed by atoms with Crippen molar-refractivity contribution in [2.45, 2.75) is 51.0 Å². The van der Waals surface area contributed by atoms with Gasteiger partial charge in [-0.1, -0.05) is 38.3 Å². The van der Waals surface area contributed by atoms with Crippen molar-refractivity contribution < 1.29 is 4.74 Å². The third kappa shape index (κ3) is 3.08. The summed E-state index contributed by atoms with van der Waals surface area (Å²) in [5.41, 5.74) is 0.747. The van der Waals surface area contributed by atoms with Gasteiger partial charge in [-0.15, -0.1) is 5.10 Å². The Kier molecular flexibility index (Phi) is 4.91. The Morgan fingerprint density at radius 2 is 2.00 bits per heavy atom. The van der Waals surface area contributed by atoms with Crippen molar-refractivity contribution in [3.63, 3.8) is 0 Å². The van der Waals surface area contributed by atoms with Crippen LogP contribution in [0.25, 0.3) is 5.69 Å². The molecule has 6 heteroatoms. The lowest BCUT2D eigenvalue weighted by Crippen LogP contribution is -2.46. The molecule has 124 valence electrons. The van der Waals surface area contributed by atoms with Gasteiger partial charge in [0.15, 0.2) is 5.82 Å². The SMILES string of the molecule is CCCNC1(c2nnnn2-c2ccccc2OC)CCCCC1. The molecule has 1 aliphatic rings. The third-order valence-corrected chi connectivity index (χ3v) is 4.63. The Hall–Kier alpha value is -1.95. The van der Waals surface area contributed by atoms with Crippen molar-refractivity contribution in [3.8, 4) is 11.4 Å². The van der Waals surface area contributed by atoms with E-state index in [9.17, 15) is 0 Å². The minimum Gasteiger partial charge on any atom is -0.494 e. The summed E-state index contributed by atoms with van der Waals surface area (Å²) in [6, 6.07) is 7.87. The number of hydrogen-bond acceptors (Lipinski definition) is 5. The molecule has 0 aliphatic heterocycles. The Balaban J connectivity index is 2.04. The van der Waals surface area contributed by atoms with Crippen LogP contribution in [0.15, 0.2) is 24.3 Å². The molecular weight excluding hydrogens is 290 g/mol. The molecule has 0 atom stereocenters. The van der Waals surface area contributed by atoms with Gasteiger partial charge in [-0.3, -0.25) is 0 Å². The molecule has 1 N–H and O–H groups in total. The number of nitrogens with zero attached hydrogens (tertiary/aromatic N) is 4. The smallest absolute Gasteiger partial charge is 0.176 e. The van der Waals surface area contributed by atoms with Crippen molar-refractivity contribution in [3.05, 3.63) is 30.1 Å². The first-order chi connectivity index (χ1) is 11.3. The van der Waals surface area contributed by atoms with E-state index in [1.807, 2.05) is 28.9 Å². The van der Waals surface area contributed by atoms with E-state index >= 15 is 0 Å². The van der Waals surface area contributed by atoms with Crippen LogP contribution in [0.3, 0.4) is 0 Å². The van der Waals surface area contributed by atoms with Crippen LogP contribution < -0.4 is 10.1 Å². The van der Waals surface area contributed by atoms with E-state index in [1.165, 1.54) is 19.3 Å². The topological polar surface area (TPSA) is 64.9 Å². The minimum atomic E-state index is -0.140. The van der Waals surface area contributed by atoms with E-state index in [-0.39, 0.29) is 5.54 Å². The van der Waals surface area contributed by atoms with Crippen molar-refractivity contribution >= 4 is 0 Å². The average molecular weight is 315 g/mol. The molecule has 1 aromatic carbocycles. The van der Waals surface area contributed by atoms with Crippen molar-refractivity contribution in [2.75, 3.05) is 13.7 Å². The number of methoxy groups -OCH3 is 1. The zero-order valence-electron chi connectivity index (χ0n) is 14.0. The van der Waals surface area contributed by atoms with Crippen LogP contribution in [0.1, 0.15) is 51.3 Å². The van der Waals surface area contributed by atoms with Gasteiger partial charge in [0.1, 0.15) is 11.4 Å². The minimum absolute atomic E-state index is 0.140. The van der Waals surface area contributed by atoms with Crippen LogP contribution >= 0.6 is 0 Å². The fourth-order valence-corrected chi connectivity index (χ4v) is 3.45. The summed E-state index contributed by atoms with van der Waals surface area (Å²) in [5.74, 6) is 1.68. The number of rotatable bonds is 6. The zero-order valence-corrected chi connectivity index (χ0v) is 14.0. The zero-order chi connectivity index (χ0) is 16.1. The summed E-state index contributed by atoms with van der Waals surface area (Å²) in [5, 5.41) is 16.4. The summed E-state index contributed by atoms with van der Waals surface area (Å²) in [6.45, 7) is 3.16. The highest BCUT2D eigenvalue weighted by molar-refractivity contribution is 5.46. The molecule has 0 bridgehead atoms. The van der Waals surface area contributed by atoms with Gasteiger partial charge in [-0.2, -0.15) is 4.68 Å². The number of para-hydroxylation sites is 2. The van der Waals surface area contributed by atoms with E-state index in [4.69, 9.17) is 4.74 Å². The Labute approximate surface area is 137 Å². The monoisotopic (exact) mass is 315 g/mol. The number of benzene rings is 1. The van der Waals surface area contributed by atoms with E-state index in [1.54, 1.807) is 7.11 Å². The molecule has 1 saturated carbocycles. The summed E-state index contributed by atoms with van der Waals surface area (Å²) in [4.78, 5) is 0. The molecule has 0 saturated heterocycles. The molecule has 0 spiro atoms. The average Bonchev–Trinajstić information content (AvgIpc) is 3.11. The molecule has 23 heavy (non-hydrogen) atoms. The van der Waals surface area contributed by atoms with E-state index in [2.05, 4.69) is 27.8 Å². The van der Waals surface area contributed by atoms with Crippen LogP contribution in [0.4, 0.5) is 0 Å². The van der Waals surface area contributed by atoms with Crippen molar-refractivity contribution in [2.24, 2.45) is 0 Å². The van der Waals surface area contributed by atoms with E-state index in [0.29, 0.717) is 0 Å². The standard InChI is InChI=1S/C17H25N5O/c1-3-13-18-17(11-7-4-8-12-17)16-19-20-21-22(16)14-9-5-6-10-15(14)23-2/h5-6,9-10,18H,3-4,7-8,11-13H2,1-2H3. The number of hydrogen-bond donors (Lipinski definition) is 1. The molecule has 0 unspecified atom stereocenters. The van der Waals surface area contributed by atoms with Crippen LogP contribution in [-0.4, -0.2) is 33.9 Å². The first kappa shape index (κ1) is 15.9. The second-order valence-electron chi connectivity index (χ2n) is 6.16. The number of tetrazole rings is 1. The Bertz CT molecular complexity index is 633. The molecule has 2 aromatic rings. The summed E-state index contributed by atoms with van der Waals surface area (Å²) in [7, 11) is 1.68. The van der Waals surface area contributed by atoms with E-state index < -0.39 is 0 Å². The maximum atomic E-state index is 5.49. The molecule has 6 nitrogen and oxygen atoms in total. The van der Waals surface area contributed by atoms with Gasteiger partial charge in [0, 0.05) is 0 Å². The van der Waals surface area contributed by atoms with Gasteiger partial charge in [0.2, 0.25) is 0 Å². The number of aromatic nitrogens is 4. The number of nitrogens with one attached hydrogen (secondary N) is 1. The Morgan fingerprint density at radius 1 is 1.22 bits per heavy atom. The lowest BCUT2D eigenvalue weighted by Gasteiger charge is -2.37. The lowest BCUT2D eigenvalue weighted by molar-refractivity contribution is 0.216. The molecule has 1 heterocycles. The fraction of sp³-hybridized carbons (Fsp3) is 0.588. The summed E-state index contributed by atoms with van der Waals surface area (Å²) in [6.07, 6.45) is 6.93. The molecular formula is C17H25N5O. The summed E-state index contributed by atoms with van der Waals surface area (Å²) >= 11 is 0. The number of ether oxygens (including phenoxy) is 1. The molecule has 3 rings (SSSR count). The highest BCUT2D eigenvalue weighted by atomic mass is 16.5. The largest absolute Gasteiger partial charge is 0.494 e. The van der Waals surface area contributed by atoms with Crippen LogP contribution in [0, 0.1) is 0 Å². The summed E-state index contributed by atoms with van der Waals surface area (Å²) < 4.78 is 7.33. The fourth-order valence-electron chi connectivity index (χ4n) is 3.45. The first-order valence-corrected chi connectivity index (χ1v) is 8.48. The van der Waals surface area contributed by atoms with Gasteiger partial charge < -0.3 is 10.1 Å². The molecule has 1 fully saturated rings. The molecule has 0 radical (unpaired) electrons. The first-order valence-electron chi connectivity index (χ1n) is 8.48. The van der Waals surface area contributed by atoms with Gasteiger partial charge in [0.25, 0.3) is 0 Å². The maximum Gasteiger partial charge on any atom is 0.176 e. The van der Waals surface area contributed by atoms with Crippen LogP contribution in [0.2, 0.25) is 0 Å². The molecule has 1 aliphatic carbocycles. The highest BCUT2D eigenvalue weighted by Gasteiger charge is 2.38. The van der Waals surface area contributed by atoms with Crippen molar-refractivity contribution in [1.29, 1.82) is 0 Å². The van der Waals surface area contributed by atoms with Gasteiger partial charge in [-0.05, 0) is 48.4 Å². The second kappa shape index (κ2) is 7.08. The lowest BCUT2D eigenvalue weighted by atomic mass is 9.80. The molecule has 1 aromatic heterocycles.